The highest BCUT2D eigenvalue weighted by molar-refractivity contribution is 7.99. The standard InChI is InChI=1S/C23H23N5O3S/c1-4-31-19-7-5-18(6-8-19)27-9-10-28-21(22(27)30)25-26-23(28)32-14-20(29)24-17-12-15(2)11-16(3)13-17/h5-13H,4,14H2,1-3H3,(H,24,29). The summed E-state index contributed by atoms with van der Waals surface area (Å²) >= 11 is 1.22. The molecule has 4 rings (SSSR count). The van der Waals surface area contributed by atoms with E-state index >= 15 is 0 Å². The van der Waals surface area contributed by atoms with Crippen LogP contribution in [-0.2, 0) is 4.79 Å². The van der Waals surface area contributed by atoms with Crippen molar-refractivity contribution in [2.75, 3.05) is 17.7 Å². The van der Waals surface area contributed by atoms with Crippen molar-refractivity contribution in [3.63, 3.8) is 0 Å². The average molecular weight is 450 g/mol. The van der Waals surface area contributed by atoms with Gasteiger partial charge in [0.2, 0.25) is 11.6 Å². The smallest absolute Gasteiger partial charge is 0.300 e. The molecule has 1 N–H and O–H groups in total. The monoisotopic (exact) mass is 449 g/mol. The van der Waals surface area contributed by atoms with Gasteiger partial charge in [-0.1, -0.05) is 17.8 Å². The van der Waals surface area contributed by atoms with Gasteiger partial charge in [0.15, 0.2) is 5.16 Å². The summed E-state index contributed by atoms with van der Waals surface area (Å²) in [5.41, 5.74) is 3.53. The van der Waals surface area contributed by atoms with Gasteiger partial charge in [-0.3, -0.25) is 18.6 Å². The molecule has 0 aliphatic carbocycles. The molecule has 0 saturated carbocycles. The summed E-state index contributed by atoms with van der Waals surface area (Å²) in [6.45, 7) is 6.47. The Morgan fingerprint density at radius 3 is 2.47 bits per heavy atom. The van der Waals surface area contributed by atoms with Crippen molar-refractivity contribution >= 4 is 29.0 Å². The Labute approximate surface area is 189 Å². The van der Waals surface area contributed by atoms with E-state index in [9.17, 15) is 9.59 Å². The second kappa shape index (κ2) is 9.27. The number of hydrogen-bond acceptors (Lipinski definition) is 6. The van der Waals surface area contributed by atoms with E-state index in [0.717, 1.165) is 22.6 Å². The van der Waals surface area contributed by atoms with Crippen molar-refractivity contribution < 1.29 is 9.53 Å². The van der Waals surface area contributed by atoms with E-state index in [4.69, 9.17) is 4.74 Å². The molecule has 1 amide bonds. The maximum Gasteiger partial charge on any atom is 0.300 e. The van der Waals surface area contributed by atoms with E-state index in [1.54, 1.807) is 16.8 Å². The maximum atomic E-state index is 12.9. The van der Waals surface area contributed by atoms with Crippen LogP contribution in [0.25, 0.3) is 11.3 Å². The molecule has 0 spiro atoms. The van der Waals surface area contributed by atoms with Gasteiger partial charge in [0.25, 0.3) is 0 Å². The minimum absolute atomic E-state index is 0.149. The fourth-order valence-electron chi connectivity index (χ4n) is 3.41. The van der Waals surface area contributed by atoms with Crippen molar-refractivity contribution in [1.82, 2.24) is 19.2 Å². The molecule has 0 bridgehead atoms. The lowest BCUT2D eigenvalue weighted by Gasteiger charge is -2.08. The van der Waals surface area contributed by atoms with Crippen LogP contribution in [0, 0.1) is 13.8 Å². The molecule has 2 heterocycles. The summed E-state index contributed by atoms with van der Waals surface area (Å²) in [4.78, 5) is 25.3. The zero-order chi connectivity index (χ0) is 22.7. The van der Waals surface area contributed by atoms with Crippen LogP contribution in [0.1, 0.15) is 18.1 Å². The Morgan fingerprint density at radius 2 is 1.78 bits per heavy atom. The van der Waals surface area contributed by atoms with Crippen molar-refractivity contribution in [2.24, 2.45) is 0 Å². The molecule has 8 nitrogen and oxygen atoms in total. The number of nitrogens with zero attached hydrogens (tertiary/aromatic N) is 4. The van der Waals surface area contributed by atoms with Gasteiger partial charge in [-0.2, -0.15) is 0 Å². The third kappa shape index (κ3) is 4.67. The Balaban J connectivity index is 1.49. The summed E-state index contributed by atoms with van der Waals surface area (Å²) in [6, 6.07) is 13.1. The summed E-state index contributed by atoms with van der Waals surface area (Å²) in [7, 11) is 0. The van der Waals surface area contributed by atoms with E-state index < -0.39 is 0 Å². The second-order valence-corrected chi connectivity index (χ2v) is 8.23. The summed E-state index contributed by atoms with van der Waals surface area (Å²) in [6.07, 6.45) is 3.38. The van der Waals surface area contributed by atoms with Crippen LogP contribution >= 0.6 is 11.8 Å². The first-order valence-electron chi connectivity index (χ1n) is 10.1. The Bertz CT molecular complexity index is 1310. The number of anilines is 1. The van der Waals surface area contributed by atoms with Gasteiger partial charge < -0.3 is 10.1 Å². The molecule has 32 heavy (non-hydrogen) atoms. The van der Waals surface area contributed by atoms with Crippen molar-refractivity contribution in [3.05, 3.63) is 76.3 Å². The molecule has 0 unspecified atom stereocenters. The number of thioether (sulfide) groups is 1. The van der Waals surface area contributed by atoms with Crippen molar-refractivity contribution in [1.29, 1.82) is 0 Å². The highest BCUT2D eigenvalue weighted by atomic mass is 32.2. The van der Waals surface area contributed by atoms with E-state index in [0.29, 0.717) is 17.5 Å². The molecule has 0 atom stereocenters. The van der Waals surface area contributed by atoms with Crippen LogP contribution in [-0.4, -0.2) is 37.4 Å². The number of hydrogen-bond donors (Lipinski definition) is 1. The molecule has 0 aliphatic rings. The predicted molar refractivity (Wildman–Crippen MR) is 125 cm³/mol. The molecule has 0 fully saturated rings. The lowest BCUT2D eigenvalue weighted by Crippen LogP contribution is -2.20. The number of nitrogens with one attached hydrogen (secondary N) is 1. The van der Waals surface area contributed by atoms with Crippen LogP contribution in [0.5, 0.6) is 5.75 Å². The van der Waals surface area contributed by atoms with Gasteiger partial charge in [0.1, 0.15) is 5.75 Å². The zero-order valence-electron chi connectivity index (χ0n) is 18.0. The Kier molecular flexibility index (Phi) is 6.27. The number of benzene rings is 2. The van der Waals surface area contributed by atoms with E-state index in [2.05, 4.69) is 15.5 Å². The van der Waals surface area contributed by atoms with Gasteiger partial charge in [0, 0.05) is 23.8 Å². The summed E-state index contributed by atoms with van der Waals surface area (Å²) in [5, 5.41) is 11.5. The van der Waals surface area contributed by atoms with Gasteiger partial charge in [-0.25, -0.2) is 0 Å². The predicted octanol–water partition coefficient (Wildman–Crippen LogP) is 3.63. The third-order valence-corrected chi connectivity index (χ3v) is 5.65. The molecular formula is C23H23N5O3S. The van der Waals surface area contributed by atoms with Crippen LogP contribution in [0.2, 0.25) is 0 Å². The molecule has 9 heteroatoms. The Hall–Kier alpha value is -3.59. The Morgan fingerprint density at radius 1 is 1.06 bits per heavy atom. The van der Waals surface area contributed by atoms with Gasteiger partial charge in [0.05, 0.1) is 12.4 Å². The highest BCUT2D eigenvalue weighted by Crippen LogP contribution is 2.19. The molecule has 0 aliphatic heterocycles. The van der Waals surface area contributed by atoms with Crippen molar-refractivity contribution in [3.8, 4) is 11.4 Å². The topological polar surface area (TPSA) is 90.5 Å². The summed E-state index contributed by atoms with van der Waals surface area (Å²) < 4.78 is 8.55. The largest absolute Gasteiger partial charge is 0.494 e. The third-order valence-electron chi connectivity index (χ3n) is 4.70. The SMILES string of the molecule is CCOc1ccc(-n2ccn3c(SCC(=O)Nc4cc(C)cc(C)c4)nnc3c2=O)cc1. The van der Waals surface area contributed by atoms with Gasteiger partial charge in [-0.05, 0) is 68.3 Å². The fraction of sp³-hybridized carbons (Fsp3) is 0.217. The molecule has 4 aromatic rings. The fourth-order valence-corrected chi connectivity index (χ4v) is 4.13. The number of aryl methyl sites for hydroxylation is 2. The zero-order valence-corrected chi connectivity index (χ0v) is 18.8. The number of rotatable bonds is 7. The van der Waals surface area contributed by atoms with Crippen LogP contribution in [0.4, 0.5) is 5.69 Å². The van der Waals surface area contributed by atoms with Crippen LogP contribution in [0.3, 0.4) is 0 Å². The number of carbonyl (C=O) groups excluding carboxylic acids is 1. The number of ether oxygens (including phenoxy) is 1. The van der Waals surface area contributed by atoms with Crippen molar-refractivity contribution in [2.45, 2.75) is 25.9 Å². The quantitative estimate of drug-likeness (QED) is 0.434. The first-order valence-corrected chi connectivity index (χ1v) is 11.1. The van der Waals surface area contributed by atoms with Gasteiger partial charge >= 0.3 is 5.56 Å². The van der Waals surface area contributed by atoms with E-state index in [1.807, 2.05) is 63.2 Å². The minimum atomic E-state index is -0.296. The lowest BCUT2D eigenvalue weighted by molar-refractivity contribution is -0.113. The lowest BCUT2D eigenvalue weighted by atomic mass is 10.1. The normalized spacial score (nSPS) is 11.0. The highest BCUT2D eigenvalue weighted by Gasteiger charge is 2.14. The molecule has 0 radical (unpaired) electrons. The number of carbonyl (C=O) groups is 1. The average Bonchev–Trinajstić information content (AvgIpc) is 3.17. The van der Waals surface area contributed by atoms with Gasteiger partial charge in [-0.15, -0.1) is 10.2 Å². The first-order chi connectivity index (χ1) is 15.4. The minimum Gasteiger partial charge on any atom is -0.494 e. The molecule has 2 aromatic carbocycles. The molecular weight excluding hydrogens is 426 g/mol. The molecule has 164 valence electrons. The van der Waals surface area contributed by atoms with E-state index in [1.165, 1.54) is 16.3 Å². The number of amides is 1. The summed E-state index contributed by atoms with van der Waals surface area (Å²) in [5.74, 6) is 0.737. The maximum absolute atomic E-state index is 12.9. The number of aromatic nitrogens is 4. The van der Waals surface area contributed by atoms with E-state index in [-0.39, 0.29) is 22.9 Å². The van der Waals surface area contributed by atoms with Crippen LogP contribution < -0.4 is 15.6 Å². The first kappa shape index (κ1) is 21.6. The number of fused-ring (bicyclic) bond motifs is 1. The molecule has 0 saturated heterocycles. The second-order valence-electron chi connectivity index (χ2n) is 7.29. The van der Waals surface area contributed by atoms with Crippen LogP contribution in [0.15, 0.2) is 64.8 Å². The molecule has 2 aromatic heterocycles.